The fourth-order valence-corrected chi connectivity index (χ4v) is 2.19. The summed E-state index contributed by atoms with van der Waals surface area (Å²) in [4.78, 5) is 0. The van der Waals surface area contributed by atoms with Crippen molar-refractivity contribution < 1.29 is 9.52 Å². The molecule has 0 saturated heterocycles. The Morgan fingerprint density at radius 1 is 1.71 bits per heavy atom. The van der Waals surface area contributed by atoms with Crippen LogP contribution < -0.4 is 5.73 Å². The number of aryl methyl sites for hydroxylation is 1. The molecule has 2 atom stereocenters. The summed E-state index contributed by atoms with van der Waals surface area (Å²) in [7, 11) is 0. The van der Waals surface area contributed by atoms with E-state index in [1.54, 1.807) is 0 Å². The maximum Gasteiger partial charge on any atom is 0.140 e. The average molecular weight is 195 g/mol. The first-order chi connectivity index (χ1) is 6.61. The first-order valence-corrected chi connectivity index (χ1v) is 5.16. The van der Waals surface area contributed by atoms with Crippen molar-refractivity contribution >= 4 is 0 Å². The molecule has 0 fully saturated rings. The van der Waals surface area contributed by atoms with Crippen molar-refractivity contribution in [3.8, 4) is 0 Å². The summed E-state index contributed by atoms with van der Waals surface area (Å²) >= 11 is 0. The molecule has 14 heavy (non-hydrogen) atoms. The van der Waals surface area contributed by atoms with Crippen LogP contribution in [0, 0.1) is 5.92 Å². The van der Waals surface area contributed by atoms with E-state index in [0.717, 1.165) is 24.2 Å². The minimum Gasteiger partial charge on any atom is -0.463 e. The Hall–Kier alpha value is -0.800. The number of aliphatic hydroxyl groups is 1. The highest BCUT2D eigenvalue weighted by atomic mass is 16.4. The summed E-state index contributed by atoms with van der Waals surface area (Å²) in [5.74, 6) is 1.80. The summed E-state index contributed by atoms with van der Waals surface area (Å²) in [6.45, 7) is 4.28. The third-order valence-corrected chi connectivity index (χ3v) is 3.25. The number of nitrogens with two attached hydrogens (primary N) is 1. The van der Waals surface area contributed by atoms with Gasteiger partial charge in [0.2, 0.25) is 0 Å². The van der Waals surface area contributed by atoms with Crippen molar-refractivity contribution in [3.05, 3.63) is 23.2 Å². The summed E-state index contributed by atoms with van der Waals surface area (Å²) in [6.07, 6.45) is 1.73. The van der Waals surface area contributed by atoms with E-state index in [4.69, 9.17) is 10.2 Å². The fourth-order valence-electron chi connectivity index (χ4n) is 2.19. The Kier molecular flexibility index (Phi) is 2.16. The van der Waals surface area contributed by atoms with Crippen LogP contribution in [0.3, 0.4) is 0 Å². The fraction of sp³-hybridized carbons (Fsp3) is 0.636. The smallest absolute Gasteiger partial charge is 0.140 e. The third-order valence-electron chi connectivity index (χ3n) is 3.25. The highest BCUT2D eigenvalue weighted by Gasteiger charge is 2.45. The van der Waals surface area contributed by atoms with Gasteiger partial charge >= 0.3 is 0 Å². The summed E-state index contributed by atoms with van der Waals surface area (Å²) < 4.78 is 5.62. The lowest BCUT2D eigenvalue weighted by atomic mass is 9.92. The van der Waals surface area contributed by atoms with Crippen LogP contribution in [0.25, 0.3) is 0 Å². The zero-order valence-corrected chi connectivity index (χ0v) is 8.71. The second-order valence-corrected chi connectivity index (χ2v) is 4.15. The first-order valence-electron chi connectivity index (χ1n) is 5.16. The number of rotatable bonds is 2. The van der Waals surface area contributed by atoms with Gasteiger partial charge in [-0.15, -0.1) is 0 Å². The van der Waals surface area contributed by atoms with Crippen LogP contribution >= 0.6 is 0 Å². The Morgan fingerprint density at radius 2 is 2.43 bits per heavy atom. The molecule has 3 nitrogen and oxygen atoms in total. The quantitative estimate of drug-likeness (QED) is 0.745. The number of hydrogen-bond acceptors (Lipinski definition) is 3. The molecule has 1 aliphatic carbocycles. The molecule has 0 aromatic carbocycles. The van der Waals surface area contributed by atoms with E-state index in [1.165, 1.54) is 0 Å². The largest absolute Gasteiger partial charge is 0.463 e. The van der Waals surface area contributed by atoms with Crippen LogP contribution in [0.2, 0.25) is 0 Å². The topological polar surface area (TPSA) is 59.4 Å². The van der Waals surface area contributed by atoms with Gasteiger partial charge in [0.15, 0.2) is 0 Å². The Bertz CT molecular complexity index is 345. The molecule has 3 N–H and O–H groups in total. The van der Waals surface area contributed by atoms with Crippen LogP contribution in [-0.4, -0.2) is 11.7 Å². The zero-order chi connectivity index (χ0) is 10.3. The molecule has 0 aliphatic heterocycles. The summed E-state index contributed by atoms with van der Waals surface area (Å²) in [5.41, 5.74) is 5.80. The van der Waals surface area contributed by atoms with E-state index in [-0.39, 0.29) is 12.5 Å². The molecular weight excluding hydrogens is 178 g/mol. The van der Waals surface area contributed by atoms with E-state index < -0.39 is 5.60 Å². The highest BCUT2D eigenvalue weighted by Crippen LogP contribution is 2.42. The number of hydrogen-bond donors (Lipinski definition) is 2. The van der Waals surface area contributed by atoms with Crippen molar-refractivity contribution in [3.63, 3.8) is 0 Å². The molecule has 3 heteroatoms. The second kappa shape index (κ2) is 3.11. The van der Waals surface area contributed by atoms with Gasteiger partial charge in [-0.2, -0.15) is 0 Å². The SMILES string of the molecule is CCc1cc2c(o1)C(O)(CN)C(C)C2. The first kappa shape index (κ1) is 9.74. The van der Waals surface area contributed by atoms with Gasteiger partial charge in [0, 0.05) is 13.0 Å². The van der Waals surface area contributed by atoms with E-state index >= 15 is 0 Å². The van der Waals surface area contributed by atoms with Gasteiger partial charge in [-0.25, -0.2) is 0 Å². The predicted octanol–water partition coefficient (Wildman–Crippen LogP) is 1.18. The standard InChI is InChI=1S/C11H17NO2/c1-3-9-5-8-4-7(2)11(13,6-12)10(8)14-9/h5,7,13H,3-4,6,12H2,1-2H3. The molecular formula is C11H17NO2. The molecule has 1 aromatic rings. The van der Waals surface area contributed by atoms with Gasteiger partial charge < -0.3 is 15.3 Å². The van der Waals surface area contributed by atoms with Crippen LogP contribution in [0.15, 0.2) is 10.5 Å². The van der Waals surface area contributed by atoms with Gasteiger partial charge in [-0.1, -0.05) is 13.8 Å². The van der Waals surface area contributed by atoms with Gasteiger partial charge in [0.25, 0.3) is 0 Å². The molecule has 2 unspecified atom stereocenters. The minimum atomic E-state index is -0.942. The van der Waals surface area contributed by atoms with Gasteiger partial charge in [0.05, 0.1) is 0 Å². The Labute approximate surface area is 83.9 Å². The number of fused-ring (bicyclic) bond motifs is 1. The lowest BCUT2D eigenvalue weighted by Crippen LogP contribution is -2.37. The van der Waals surface area contributed by atoms with Crippen LogP contribution in [0.4, 0.5) is 0 Å². The van der Waals surface area contributed by atoms with Crippen molar-refractivity contribution in [2.75, 3.05) is 6.54 Å². The average Bonchev–Trinajstić information content (AvgIpc) is 2.68. The molecule has 78 valence electrons. The third kappa shape index (κ3) is 1.12. The zero-order valence-electron chi connectivity index (χ0n) is 8.71. The van der Waals surface area contributed by atoms with Crippen molar-refractivity contribution in [1.82, 2.24) is 0 Å². The van der Waals surface area contributed by atoms with Crippen LogP contribution in [0.5, 0.6) is 0 Å². The van der Waals surface area contributed by atoms with Crippen molar-refractivity contribution in [1.29, 1.82) is 0 Å². The maximum atomic E-state index is 10.3. The molecule has 0 spiro atoms. The lowest BCUT2D eigenvalue weighted by Gasteiger charge is -2.25. The van der Waals surface area contributed by atoms with E-state index in [2.05, 4.69) is 0 Å². The van der Waals surface area contributed by atoms with Crippen LogP contribution in [0.1, 0.15) is 30.9 Å². The number of furan rings is 1. The Morgan fingerprint density at radius 3 is 3.00 bits per heavy atom. The monoisotopic (exact) mass is 195 g/mol. The highest BCUT2D eigenvalue weighted by molar-refractivity contribution is 5.33. The molecule has 0 amide bonds. The van der Waals surface area contributed by atoms with E-state index in [9.17, 15) is 5.11 Å². The van der Waals surface area contributed by atoms with E-state index in [1.807, 2.05) is 19.9 Å². The summed E-state index contributed by atoms with van der Waals surface area (Å²) in [5, 5.41) is 10.3. The molecule has 2 rings (SSSR count). The van der Waals surface area contributed by atoms with E-state index in [0.29, 0.717) is 5.76 Å². The second-order valence-electron chi connectivity index (χ2n) is 4.15. The Balaban J connectivity index is 2.44. The minimum absolute atomic E-state index is 0.159. The summed E-state index contributed by atoms with van der Waals surface area (Å²) in [6, 6.07) is 2.04. The normalized spacial score (nSPS) is 30.7. The van der Waals surface area contributed by atoms with Gasteiger partial charge in [-0.05, 0) is 24.0 Å². The maximum absolute atomic E-state index is 10.3. The van der Waals surface area contributed by atoms with Gasteiger partial charge in [0.1, 0.15) is 17.1 Å². The molecule has 0 bridgehead atoms. The lowest BCUT2D eigenvalue weighted by molar-refractivity contribution is -0.0141. The van der Waals surface area contributed by atoms with Gasteiger partial charge in [-0.3, -0.25) is 0 Å². The predicted molar refractivity (Wildman–Crippen MR) is 53.9 cm³/mol. The van der Waals surface area contributed by atoms with Crippen molar-refractivity contribution in [2.24, 2.45) is 11.7 Å². The molecule has 0 radical (unpaired) electrons. The van der Waals surface area contributed by atoms with Crippen molar-refractivity contribution in [2.45, 2.75) is 32.3 Å². The molecule has 1 aromatic heterocycles. The van der Waals surface area contributed by atoms with Crippen LogP contribution in [-0.2, 0) is 18.4 Å². The molecule has 1 heterocycles. The molecule has 1 aliphatic rings. The molecule has 0 saturated carbocycles.